The van der Waals surface area contributed by atoms with E-state index in [1.165, 1.54) is 0 Å². The molecule has 2 atom stereocenters. The second-order valence-electron chi connectivity index (χ2n) is 4.76. The molecular formula is C12H16N2O2. The maximum atomic E-state index is 11.9. The number of rotatable bonds is 1. The van der Waals surface area contributed by atoms with Gasteiger partial charge in [0, 0.05) is 12.2 Å². The van der Waals surface area contributed by atoms with E-state index in [1.54, 1.807) is 10.6 Å². The van der Waals surface area contributed by atoms with E-state index in [1.807, 2.05) is 12.3 Å². The Morgan fingerprint density at radius 3 is 2.69 bits per heavy atom. The number of hydrogen-bond acceptors (Lipinski definition) is 3. The summed E-state index contributed by atoms with van der Waals surface area (Å²) in [5, 5.41) is 0. The zero-order valence-corrected chi connectivity index (χ0v) is 9.13. The number of nitrogen functional groups attached to an aromatic ring is 1. The fourth-order valence-electron chi connectivity index (χ4n) is 2.87. The SMILES string of the molecule is Nc1cccn(C2CC3CCC(C2)O3)c1=O. The maximum absolute atomic E-state index is 11.9. The second-order valence-corrected chi connectivity index (χ2v) is 4.76. The molecule has 2 aliphatic rings. The molecule has 2 N–H and O–H groups in total. The minimum Gasteiger partial charge on any atom is -0.394 e. The molecule has 86 valence electrons. The lowest BCUT2D eigenvalue weighted by atomic mass is 10.0. The highest BCUT2D eigenvalue weighted by molar-refractivity contribution is 5.33. The predicted molar refractivity (Wildman–Crippen MR) is 61.3 cm³/mol. The quantitative estimate of drug-likeness (QED) is 0.776. The summed E-state index contributed by atoms with van der Waals surface area (Å²) < 4.78 is 7.55. The number of aromatic nitrogens is 1. The van der Waals surface area contributed by atoms with Gasteiger partial charge in [0.2, 0.25) is 0 Å². The number of fused-ring (bicyclic) bond motifs is 2. The fraction of sp³-hybridized carbons (Fsp3) is 0.583. The van der Waals surface area contributed by atoms with Crippen LogP contribution < -0.4 is 11.3 Å². The van der Waals surface area contributed by atoms with E-state index in [9.17, 15) is 4.79 Å². The van der Waals surface area contributed by atoms with Gasteiger partial charge in [-0.05, 0) is 37.8 Å². The van der Waals surface area contributed by atoms with Crippen molar-refractivity contribution in [3.05, 3.63) is 28.7 Å². The van der Waals surface area contributed by atoms with Crippen molar-refractivity contribution >= 4 is 5.69 Å². The van der Waals surface area contributed by atoms with Gasteiger partial charge in [-0.25, -0.2) is 0 Å². The molecule has 2 saturated heterocycles. The zero-order chi connectivity index (χ0) is 11.1. The van der Waals surface area contributed by atoms with Gasteiger partial charge in [-0.15, -0.1) is 0 Å². The van der Waals surface area contributed by atoms with Crippen LogP contribution in [0.5, 0.6) is 0 Å². The van der Waals surface area contributed by atoms with Crippen molar-refractivity contribution in [3.8, 4) is 0 Å². The molecule has 16 heavy (non-hydrogen) atoms. The predicted octanol–water partition coefficient (Wildman–Crippen LogP) is 1.31. The number of nitrogens with zero attached hydrogens (tertiary/aromatic N) is 1. The molecule has 3 rings (SSSR count). The molecule has 1 aromatic rings. The summed E-state index contributed by atoms with van der Waals surface area (Å²) in [5.74, 6) is 0. The van der Waals surface area contributed by atoms with Crippen LogP contribution in [0.25, 0.3) is 0 Å². The first-order valence-electron chi connectivity index (χ1n) is 5.86. The Morgan fingerprint density at radius 1 is 1.31 bits per heavy atom. The van der Waals surface area contributed by atoms with E-state index in [0.29, 0.717) is 17.9 Å². The number of anilines is 1. The van der Waals surface area contributed by atoms with Gasteiger partial charge < -0.3 is 15.0 Å². The number of pyridine rings is 1. The van der Waals surface area contributed by atoms with Gasteiger partial charge in [0.05, 0.1) is 17.9 Å². The van der Waals surface area contributed by atoms with Gasteiger partial charge in [-0.3, -0.25) is 4.79 Å². The summed E-state index contributed by atoms with van der Waals surface area (Å²) in [6.45, 7) is 0. The Balaban J connectivity index is 1.93. The number of ether oxygens (including phenoxy) is 1. The van der Waals surface area contributed by atoms with Crippen LogP contribution in [0, 0.1) is 0 Å². The fourth-order valence-corrected chi connectivity index (χ4v) is 2.87. The Hall–Kier alpha value is -1.29. The monoisotopic (exact) mass is 220 g/mol. The highest BCUT2D eigenvalue weighted by Gasteiger charge is 2.35. The summed E-state index contributed by atoms with van der Waals surface area (Å²) in [4.78, 5) is 11.9. The molecule has 0 radical (unpaired) electrons. The molecular weight excluding hydrogens is 204 g/mol. The Kier molecular flexibility index (Phi) is 2.24. The van der Waals surface area contributed by atoms with Gasteiger partial charge in [0.1, 0.15) is 0 Å². The molecule has 4 heteroatoms. The Labute approximate surface area is 94.0 Å². The topological polar surface area (TPSA) is 57.2 Å². The molecule has 0 aliphatic carbocycles. The van der Waals surface area contributed by atoms with E-state index >= 15 is 0 Å². The lowest BCUT2D eigenvalue weighted by Crippen LogP contribution is -2.33. The first-order chi connectivity index (χ1) is 7.74. The van der Waals surface area contributed by atoms with E-state index < -0.39 is 0 Å². The molecule has 2 bridgehead atoms. The van der Waals surface area contributed by atoms with Gasteiger partial charge >= 0.3 is 0 Å². The van der Waals surface area contributed by atoms with Crippen molar-refractivity contribution < 1.29 is 4.74 Å². The summed E-state index contributed by atoms with van der Waals surface area (Å²) >= 11 is 0. The van der Waals surface area contributed by atoms with E-state index in [-0.39, 0.29) is 11.6 Å². The standard InChI is InChI=1S/C12H16N2O2/c13-11-2-1-5-14(12(11)15)8-6-9-3-4-10(7-8)16-9/h1-2,5,8-10H,3-4,6-7,13H2. The van der Waals surface area contributed by atoms with Crippen molar-refractivity contribution in [2.45, 2.75) is 43.9 Å². The van der Waals surface area contributed by atoms with Crippen molar-refractivity contribution in [1.82, 2.24) is 4.57 Å². The molecule has 2 unspecified atom stereocenters. The lowest BCUT2D eigenvalue weighted by Gasteiger charge is -2.29. The van der Waals surface area contributed by atoms with Crippen LogP contribution in [-0.4, -0.2) is 16.8 Å². The van der Waals surface area contributed by atoms with Gasteiger partial charge in [-0.2, -0.15) is 0 Å². The molecule has 0 saturated carbocycles. The summed E-state index contributed by atoms with van der Waals surface area (Å²) in [6.07, 6.45) is 6.69. The van der Waals surface area contributed by atoms with Crippen LogP contribution in [0.15, 0.2) is 23.1 Å². The van der Waals surface area contributed by atoms with Crippen molar-refractivity contribution in [2.24, 2.45) is 0 Å². The van der Waals surface area contributed by atoms with Gasteiger partial charge in [-0.1, -0.05) is 0 Å². The number of hydrogen-bond donors (Lipinski definition) is 1. The molecule has 0 amide bonds. The maximum Gasteiger partial charge on any atom is 0.273 e. The average Bonchev–Trinajstić information content (AvgIpc) is 2.62. The molecule has 4 nitrogen and oxygen atoms in total. The van der Waals surface area contributed by atoms with Gasteiger partial charge in [0.15, 0.2) is 0 Å². The minimum atomic E-state index is -0.0613. The zero-order valence-electron chi connectivity index (χ0n) is 9.13. The normalized spacial score (nSPS) is 32.9. The highest BCUT2D eigenvalue weighted by atomic mass is 16.5. The molecule has 0 spiro atoms. The van der Waals surface area contributed by atoms with E-state index in [0.717, 1.165) is 25.7 Å². The van der Waals surface area contributed by atoms with E-state index in [4.69, 9.17) is 10.5 Å². The van der Waals surface area contributed by atoms with Crippen LogP contribution in [0.1, 0.15) is 31.7 Å². The minimum absolute atomic E-state index is 0.0613. The van der Waals surface area contributed by atoms with Crippen LogP contribution in [0.3, 0.4) is 0 Å². The van der Waals surface area contributed by atoms with Crippen LogP contribution in [0.4, 0.5) is 5.69 Å². The van der Waals surface area contributed by atoms with Gasteiger partial charge in [0.25, 0.3) is 5.56 Å². The van der Waals surface area contributed by atoms with Crippen LogP contribution in [0.2, 0.25) is 0 Å². The number of nitrogens with two attached hydrogens (primary N) is 1. The summed E-state index contributed by atoms with van der Waals surface area (Å²) in [5.41, 5.74) is 5.92. The first kappa shape index (κ1) is 9.90. The first-order valence-corrected chi connectivity index (χ1v) is 5.86. The van der Waals surface area contributed by atoms with Crippen molar-refractivity contribution in [1.29, 1.82) is 0 Å². The average molecular weight is 220 g/mol. The molecule has 2 aliphatic heterocycles. The van der Waals surface area contributed by atoms with Crippen LogP contribution in [-0.2, 0) is 4.74 Å². The lowest BCUT2D eigenvalue weighted by molar-refractivity contribution is -0.0164. The van der Waals surface area contributed by atoms with E-state index in [2.05, 4.69) is 0 Å². The third-order valence-electron chi connectivity index (χ3n) is 3.66. The summed E-state index contributed by atoms with van der Waals surface area (Å²) in [6, 6.07) is 3.77. The second kappa shape index (κ2) is 3.63. The molecule has 2 fully saturated rings. The highest BCUT2D eigenvalue weighted by Crippen LogP contribution is 2.37. The van der Waals surface area contributed by atoms with Crippen LogP contribution >= 0.6 is 0 Å². The van der Waals surface area contributed by atoms with Crippen molar-refractivity contribution in [3.63, 3.8) is 0 Å². The largest absolute Gasteiger partial charge is 0.394 e. The molecule has 0 aromatic carbocycles. The smallest absolute Gasteiger partial charge is 0.273 e. The van der Waals surface area contributed by atoms with Crippen molar-refractivity contribution in [2.75, 3.05) is 5.73 Å². The Morgan fingerprint density at radius 2 is 2.00 bits per heavy atom. The Bertz CT molecular complexity index is 443. The molecule has 3 heterocycles. The third kappa shape index (κ3) is 1.53. The third-order valence-corrected chi connectivity index (χ3v) is 3.66. The molecule has 1 aromatic heterocycles. The summed E-state index contributed by atoms with van der Waals surface area (Å²) in [7, 11) is 0.